The summed E-state index contributed by atoms with van der Waals surface area (Å²) in [5.74, 6) is -0.0394. The zero-order valence-electron chi connectivity index (χ0n) is 14.3. The molecule has 132 valence electrons. The van der Waals surface area contributed by atoms with E-state index in [2.05, 4.69) is 21.5 Å². The van der Waals surface area contributed by atoms with E-state index in [9.17, 15) is 9.90 Å². The molecular formula is C19H17N3O2S2. The number of allylic oxidation sites excluding steroid dienone is 2. The zero-order valence-corrected chi connectivity index (χ0v) is 15.9. The van der Waals surface area contributed by atoms with Gasteiger partial charge in [-0.1, -0.05) is 29.3 Å². The maximum atomic E-state index is 12.3. The van der Waals surface area contributed by atoms with Crippen LogP contribution in [0.4, 0.5) is 5.00 Å². The lowest BCUT2D eigenvalue weighted by molar-refractivity contribution is 0.103. The zero-order chi connectivity index (χ0) is 18.7. The van der Waals surface area contributed by atoms with Crippen LogP contribution in [0, 0.1) is 13.8 Å². The third-order valence-corrected chi connectivity index (χ3v) is 5.64. The number of carbonyl (C=O) groups excluding carboxylic acids is 1. The molecule has 7 heteroatoms. The highest BCUT2D eigenvalue weighted by atomic mass is 32.1. The van der Waals surface area contributed by atoms with Crippen LogP contribution >= 0.6 is 22.9 Å². The number of rotatable bonds is 5. The lowest BCUT2D eigenvalue weighted by atomic mass is 10.0. The first-order chi connectivity index (χ1) is 12.5. The number of nitrogens with one attached hydrogen (secondary N) is 1. The Morgan fingerprint density at radius 1 is 1.27 bits per heavy atom. The summed E-state index contributed by atoms with van der Waals surface area (Å²) in [5, 5.41) is 17.6. The molecule has 2 N–H and O–H groups in total. The maximum Gasteiger partial charge on any atom is 0.269 e. The van der Waals surface area contributed by atoms with Crippen LogP contribution in [-0.4, -0.2) is 20.6 Å². The number of carbonyl (C=O) groups is 1. The van der Waals surface area contributed by atoms with E-state index >= 15 is 0 Å². The average Bonchev–Trinajstić information content (AvgIpc) is 3.24. The smallest absolute Gasteiger partial charge is 0.269 e. The Balaban J connectivity index is 1.87. The van der Waals surface area contributed by atoms with E-state index in [1.165, 1.54) is 11.3 Å². The number of thiophene rings is 1. The Labute approximate surface area is 159 Å². The first-order valence-corrected chi connectivity index (χ1v) is 9.42. The van der Waals surface area contributed by atoms with Crippen molar-refractivity contribution < 1.29 is 9.90 Å². The number of hydrogen-bond acceptors (Lipinski definition) is 6. The summed E-state index contributed by atoms with van der Waals surface area (Å²) in [6, 6.07) is 9.58. The number of nitrogens with zero attached hydrogens (tertiary/aromatic N) is 2. The van der Waals surface area contributed by atoms with Crippen molar-refractivity contribution in [3.8, 4) is 10.4 Å². The summed E-state index contributed by atoms with van der Waals surface area (Å²) in [5.41, 5.74) is 3.43. The van der Waals surface area contributed by atoms with Crippen LogP contribution in [0.1, 0.15) is 26.5 Å². The molecule has 0 spiro atoms. The van der Waals surface area contributed by atoms with Crippen LogP contribution in [0.2, 0.25) is 0 Å². The molecule has 1 amide bonds. The SMILES string of the molecule is C=C/C=C(\O)c1ccc(C)c(-c2ccc(NC(=O)c3snnc3C)s2)c1. The number of aromatic nitrogens is 2. The summed E-state index contributed by atoms with van der Waals surface area (Å²) in [6.45, 7) is 7.37. The largest absolute Gasteiger partial charge is 0.507 e. The van der Waals surface area contributed by atoms with E-state index in [-0.39, 0.29) is 11.7 Å². The van der Waals surface area contributed by atoms with Crippen molar-refractivity contribution in [2.45, 2.75) is 13.8 Å². The summed E-state index contributed by atoms with van der Waals surface area (Å²) in [7, 11) is 0. The molecule has 3 aromatic rings. The second-order valence-corrected chi connectivity index (χ2v) is 7.46. The van der Waals surface area contributed by atoms with Gasteiger partial charge in [-0.15, -0.1) is 16.4 Å². The van der Waals surface area contributed by atoms with Gasteiger partial charge in [0.1, 0.15) is 10.6 Å². The van der Waals surface area contributed by atoms with Crippen LogP contribution in [0.15, 0.2) is 49.1 Å². The number of hydrogen-bond donors (Lipinski definition) is 2. The van der Waals surface area contributed by atoms with Gasteiger partial charge in [0.2, 0.25) is 0 Å². The van der Waals surface area contributed by atoms with Gasteiger partial charge in [-0.05, 0) is 60.8 Å². The second-order valence-electron chi connectivity index (χ2n) is 5.62. The highest BCUT2D eigenvalue weighted by Crippen LogP contribution is 2.35. The minimum atomic E-state index is -0.206. The van der Waals surface area contributed by atoms with Gasteiger partial charge in [0.25, 0.3) is 5.91 Å². The van der Waals surface area contributed by atoms with Crippen LogP contribution in [0.25, 0.3) is 16.2 Å². The number of aryl methyl sites for hydroxylation is 2. The molecule has 0 saturated carbocycles. The first kappa shape index (κ1) is 18.0. The molecule has 3 rings (SSSR count). The van der Waals surface area contributed by atoms with Gasteiger partial charge in [0.05, 0.1) is 10.7 Å². The topological polar surface area (TPSA) is 75.1 Å². The van der Waals surface area contributed by atoms with Crippen molar-refractivity contribution in [3.05, 3.63) is 70.8 Å². The van der Waals surface area contributed by atoms with Gasteiger partial charge in [-0.25, -0.2) is 0 Å². The van der Waals surface area contributed by atoms with Gasteiger partial charge in [-0.2, -0.15) is 0 Å². The predicted molar refractivity (Wildman–Crippen MR) is 108 cm³/mol. The summed E-state index contributed by atoms with van der Waals surface area (Å²) in [4.78, 5) is 13.8. The van der Waals surface area contributed by atoms with Crippen LogP contribution in [-0.2, 0) is 0 Å². The van der Waals surface area contributed by atoms with E-state index in [1.54, 1.807) is 19.1 Å². The van der Waals surface area contributed by atoms with Crippen molar-refractivity contribution in [2.24, 2.45) is 0 Å². The number of aliphatic hydroxyl groups excluding tert-OH is 1. The molecule has 0 aliphatic rings. The van der Waals surface area contributed by atoms with Crippen LogP contribution in [0.5, 0.6) is 0 Å². The quantitative estimate of drug-likeness (QED) is 0.468. The fourth-order valence-electron chi connectivity index (χ4n) is 2.41. The fraction of sp³-hybridized carbons (Fsp3) is 0.105. The summed E-state index contributed by atoms with van der Waals surface area (Å²) in [6.07, 6.45) is 3.10. The molecule has 1 aromatic carbocycles. The van der Waals surface area contributed by atoms with E-state index in [4.69, 9.17) is 0 Å². The molecule has 0 radical (unpaired) electrons. The van der Waals surface area contributed by atoms with Crippen molar-refractivity contribution in [3.63, 3.8) is 0 Å². The molecular weight excluding hydrogens is 366 g/mol. The Bertz CT molecular complexity index is 1000. The standard InChI is InChI=1S/C19H17N3O2S2/c1-4-5-15(23)13-7-6-11(2)14(10-13)16-8-9-17(25-16)20-19(24)18-12(3)21-22-26-18/h4-10,23H,1H2,2-3H3,(H,20,24)/b15-5-. The molecule has 0 unspecified atom stereocenters. The Morgan fingerprint density at radius 3 is 2.77 bits per heavy atom. The minimum Gasteiger partial charge on any atom is -0.507 e. The molecule has 26 heavy (non-hydrogen) atoms. The molecule has 0 bridgehead atoms. The monoisotopic (exact) mass is 383 g/mol. The van der Waals surface area contributed by atoms with Gasteiger partial charge < -0.3 is 10.4 Å². The minimum absolute atomic E-state index is 0.166. The Hall–Kier alpha value is -2.77. The Morgan fingerprint density at radius 2 is 2.08 bits per heavy atom. The molecule has 0 aliphatic heterocycles. The lowest BCUT2D eigenvalue weighted by Crippen LogP contribution is -2.10. The highest BCUT2D eigenvalue weighted by molar-refractivity contribution is 7.19. The van der Waals surface area contributed by atoms with E-state index in [0.717, 1.165) is 38.1 Å². The third-order valence-electron chi connectivity index (χ3n) is 3.78. The summed E-state index contributed by atoms with van der Waals surface area (Å²) >= 11 is 2.56. The van der Waals surface area contributed by atoms with Crippen LogP contribution in [0.3, 0.4) is 0 Å². The number of anilines is 1. The second kappa shape index (κ2) is 7.63. The Kier molecular flexibility index (Phi) is 5.29. The molecule has 2 aromatic heterocycles. The van der Waals surface area contributed by atoms with Gasteiger partial charge >= 0.3 is 0 Å². The molecule has 2 heterocycles. The molecule has 0 atom stereocenters. The van der Waals surface area contributed by atoms with Crippen LogP contribution < -0.4 is 5.32 Å². The fourth-order valence-corrected chi connectivity index (χ4v) is 3.95. The number of amides is 1. The first-order valence-electron chi connectivity index (χ1n) is 7.83. The average molecular weight is 383 g/mol. The highest BCUT2D eigenvalue weighted by Gasteiger charge is 2.15. The normalized spacial score (nSPS) is 11.4. The van der Waals surface area contributed by atoms with Crippen molar-refractivity contribution in [2.75, 3.05) is 5.32 Å². The van der Waals surface area contributed by atoms with Gasteiger partial charge in [0.15, 0.2) is 0 Å². The molecule has 5 nitrogen and oxygen atoms in total. The lowest BCUT2D eigenvalue weighted by Gasteiger charge is -2.07. The number of benzene rings is 1. The number of aliphatic hydroxyl groups is 1. The maximum absolute atomic E-state index is 12.3. The third kappa shape index (κ3) is 3.74. The van der Waals surface area contributed by atoms with Gasteiger partial charge in [-0.3, -0.25) is 4.79 Å². The van der Waals surface area contributed by atoms with E-state index < -0.39 is 0 Å². The summed E-state index contributed by atoms with van der Waals surface area (Å²) < 4.78 is 3.79. The molecule has 0 fully saturated rings. The van der Waals surface area contributed by atoms with Crippen molar-refractivity contribution >= 4 is 39.5 Å². The van der Waals surface area contributed by atoms with E-state index in [1.807, 2.05) is 37.3 Å². The van der Waals surface area contributed by atoms with Crippen molar-refractivity contribution in [1.29, 1.82) is 0 Å². The molecule has 0 saturated heterocycles. The predicted octanol–water partition coefficient (Wildman–Crippen LogP) is 5.22. The van der Waals surface area contributed by atoms with E-state index in [0.29, 0.717) is 10.6 Å². The van der Waals surface area contributed by atoms with Gasteiger partial charge in [0, 0.05) is 10.4 Å². The van der Waals surface area contributed by atoms with Crippen molar-refractivity contribution in [1.82, 2.24) is 9.59 Å². The molecule has 0 aliphatic carbocycles.